The first-order valence-electron chi connectivity index (χ1n) is 10.4. The van der Waals surface area contributed by atoms with Crippen LogP contribution >= 0.6 is 23.2 Å². The molecule has 1 fully saturated rings. The number of hydrazone groups is 1. The van der Waals surface area contributed by atoms with Crippen LogP contribution < -0.4 is 15.8 Å². The fourth-order valence-corrected chi connectivity index (χ4v) is 4.16. The van der Waals surface area contributed by atoms with Crippen LogP contribution in [0.15, 0.2) is 52.6 Å². The van der Waals surface area contributed by atoms with Gasteiger partial charge in [0.05, 0.1) is 40.1 Å². The van der Waals surface area contributed by atoms with Crippen molar-refractivity contribution in [1.29, 1.82) is 5.26 Å². The monoisotopic (exact) mass is 521 g/mol. The average molecular weight is 522 g/mol. The lowest BCUT2D eigenvalue weighted by molar-refractivity contribution is -0.129. The number of nitriles is 1. The summed E-state index contributed by atoms with van der Waals surface area (Å²) in [6.07, 6.45) is 2.30. The Morgan fingerprint density at radius 1 is 1.29 bits per heavy atom. The van der Waals surface area contributed by atoms with Gasteiger partial charge in [0, 0.05) is 18.2 Å². The SMILES string of the molecule is N#CNC(=Nc1cccc(OC(F)F)c1)N1CC(N2CCC(N)C2=O)C(c2ccc(Cl)c(Cl)c2)=N1. The molecule has 2 unspecified atom stereocenters. The van der Waals surface area contributed by atoms with Crippen molar-refractivity contribution in [2.24, 2.45) is 15.8 Å². The quantitative estimate of drug-likeness (QED) is 0.269. The van der Waals surface area contributed by atoms with Gasteiger partial charge in [-0.15, -0.1) is 0 Å². The summed E-state index contributed by atoms with van der Waals surface area (Å²) in [5.41, 5.74) is 7.31. The van der Waals surface area contributed by atoms with Crippen molar-refractivity contribution in [2.45, 2.75) is 25.1 Å². The van der Waals surface area contributed by atoms with Crippen molar-refractivity contribution < 1.29 is 18.3 Å². The molecule has 2 aliphatic rings. The molecule has 2 atom stereocenters. The highest BCUT2D eigenvalue weighted by Crippen LogP contribution is 2.29. The van der Waals surface area contributed by atoms with Gasteiger partial charge >= 0.3 is 6.61 Å². The molecule has 1 amide bonds. The Morgan fingerprint density at radius 2 is 2.09 bits per heavy atom. The lowest BCUT2D eigenvalue weighted by Crippen LogP contribution is -2.47. The molecule has 0 spiro atoms. The van der Waals surface area contributed by atoms with E-state index < -0.39 is 18.7 Å². The lowest BCUT2D eigenvalue weighted by Gasteiger charge is -2.26. The molecule has 2 aromatic rings. The number of aliphatic imine (C=N–C) groups is 1. The van der Waals surface area contributed by atoms with Crippen LogP contribution in [-0.2, 0) is 4.79 Å². The summed E-state index contributed by atoms with van der Waals surface area (Å²) in [4.78, 5) is 18.7. The van der Waals surface area contributed by atoms with E-state index in [1.165, 1.54) is 23.2 Å². The van der Waals surface area contributed by atoms with Gasteiger partial charge < -0.3 is 15.4 Å². The van der Waals surface area contributed by atoms with E-state index in [4.69, 9.17) is 28.9 Å². The summed E-state index contributed by atoms with van der Waals surface area (Å²) in [5.74, 6) is -0.278. The first-order chi connectivity index (χ1) is 16.8. The molecule has 0 saturated carbocycles. The molecular weight excluding hydrogens is 503 g/mol. The third-order valence-corrected chi connectivity index (χ3v) is 6.19. The number of ether oxygens (including phenoxy) is 1. The minimum absolute atomic E-state index is 0.0256. The van der Waals surface area contributed by atoms with Gasteiger partial charge in [-0.3, -0.25) is 10.1 Å². The standard InChI is InChI=1S/C22H19Cl2F2N7O2/c23-15-5-4-12(8-16(15)24)19-18(32-7-6-17(28)20(32)34)10-33(31-19)22(29-11-27)30-13-2-1-3-14(9-13)35-21(25)26/h1-5,8-9,17-18,21H,6-7,10,28H2,(H,29,30). The zero-order valence-corrected chi connectivity index (χ0v) is 19.5. The number of likely N-dealkylation sites (tertiary alicyclic amines) is 1. The van der Waals surface area contributed by atoms with Crippen LogP contribution in [-0.4, -0.2) is 59.3 Å². The van der Waals surface area contributed by atoms with Crippen molar-refractivity contribution in [1.82, 2.24) is 15.2 Å². The summed E-state index contributed by atoms with van der Waals surface area (Å²) in [6, 6.07) is 9.57. The van der Waals surface area contributed by atoms with Crippen molar-refractivity contribution in [3.63, 3.8) is 0 Å². The minimum Gasteiger partial charge on any atom is -0.435 e. The number of carbonyl (C=O) groups excluding carboxylic acids is 1. The number of nitrogens with two attached hydrogens (primary N) is 1. The van der Waals surface area contributed by atoms with Gasteiger partial charge in [-0.1, -0.05) is 35.3 Å². The molecule has 35 heavy (non-hydrogen) atoms. The largest absolute Gasteiger partial charge is 0.435 e. The fraction of sp³-hybridized carbons (Fsp3) is 0.273. The number of amides is 1. The van der Waals surface area contributed by atoms with Gasteiger partial charge in [-0.2, -0.15) is 19.1 Å². The summed E-state index contributed by atoms with van der Waals surface area (Å²) in [7, 11) is 0. The van der Waals surface area contributed by atoms with E-state index in [1.54, 1.807) is 35.4 Å². The predicted molar refractivity (Wildman–Crippen MR) is 127 cm³/mol. The molecule has 2 aliphatic heterocycles. The molecule has 9 nitrogen and oxygen atoms in total. The van der Waals surface area contributed by atoms with Gasteiger partial charge in [0.2, 0.25) is 11.9 Å². The molecule has 2 heterocycles. The molecule has 182 valence electrons. The number of guanidine groups is 1. The van der Waals surface area contributed by atoms with Crippen LogP contribution in [0.3, 0.4) is 0 Å². The van der Waals surface area contributed by atoms with Crippen molar-refractivity contribution in [3.8, 4) is 11.9 Å². The maximum Gasteiger partial charge on any atom is 0.387 e. The molecule has 0 radical (unpaired) electrons. The van der Waals surface area contributed by atoms with Crippen molar-refractivity contribution in [2.75, 3.05) is 13.1 Å². The Morgan fingerprint density at radius 3 is 2.74 bits per heavy atom. The van der Waals surface area contributed by atoms with Gasteiger partial charge in [-0.25, -0.2) is 10.0 Å². The number of nitrogens with zero attached hydrogens (tertiary/aromatic N) is 5. The Bertz CT molecular complexity index is 1230. The number of carbonyl (C=O) groups is 1. The zero-order chi connectivity index (χ0) is 25.1. The maximum atomic E-state index is 12.7. The average Bonchev–Trinajstić information content (AvgIpc) is 3.39. The molecule has 1 saturated heterocycles. The van der Waals surface area contributed by atoms with E-state index in [0.717, 1.165) is 0 Å². The van der Waals surface area contributed by atoms with Gasteiger partial charge in [0.25, 0.3) is 0 Å². The van der Waals surface area contributed by atoms with E-state index in [1.807, 2.05) is 0 Å². The van der Waals surface area contributed by atoms with Crippen LogP contribution in [0.25, 0.3) is 0 Å². The van der Waals surface area contributed by atoms with Gasteiger partial charge in [0.15, 0.2) is 6.19 Å². The highest BCUT2D eigenvalue weighted by Gasteiger charge is 2.41. The van der Waals surface area contributed by atoms with Gasteiger partial charge in [-0.05, 0) is 30.7 Å². The molecule has 13 heteroatoms. The Balaban J connectivity index is 1.72. The Labute approximate surface area is 209 Å². The van der Waals surface area contributed by atoms with E-state index in [-0.39, 0.29) is 29.8 Å². The minimum atomic E-state index is -2.99. The fourth-order valence-electron chi connectivity index (χ4n) is 3.86. The smallest absolute Gasteiger partial charge is 0.387 e. The zero-order valence-electron chi connectivity index (χ0n) is 18.0. The number of hydrogen-bond acceptors (Lipinski definition) is 6. The second kappa shape index (κ2) is 10.4. The number of rotatable bonds is 5. The van der Waals surface area contributed by atoms with Crippen molar-refractivity contribution in [3.05, 3.63) is 58.1 Å². The van der Waals surface area contributed by atoms with E-state index >= 15 is 0 Å². The summed E-state index contributed by atoms with van der Waals surface area (Å²) in [5, 5.41) is 18.5. The second-order valence-corrected chi connectivity index (χ2v) is 8.50. The van der Waals surface area contributed by atoms with Crippen LogP contribution in [0.4, 0.5) is 14.5 Å². The van der Waals surface area contributed by atoms with Crippen LogP contribution in [0, 0.1) is 11.5 Å². The Hall–Kier alpha value is -3.46. The number of nitrogens with one attached hydrogen (secondary N) is 1. The van der Waals surface area contributed by atoms with E-state index in [0.29, 0.717) is 34.3 Å². The van der Waals surface area contributed by atoms with Gasteiger partial charge in [0.1, 0.15) is 5.75 Å². The molecule has 3 N–H and O–H groups in total. The molecule has 2 aromatic carbocycles. The van der Waals surface area contributed by atoms with Crippen LogP contribution in [0.1, 0.15) is 12.0 Å². The highest BCUT2D eigenvalue weighted by molar-refractivity contribution is 6.42. The molecule has 0 bridgehead atoms. The van der Waals surface area contributed by atoms with E-state index in [9.17, 15) is 18.8 Å². The molecule has 0 aromatic heterocycles. The number of halogens is 4. The van der Waals surface area contributed by atoms with Crippen molar-refractivity contribution >= 4 is 46.5 Å². The summed E-state index contributed by atoms with van der Waals surface area (Å²) >= 11 is 12.3. The lowest BCUT2D eigenvalue weighted by atomic mass is 10.0. The number of alkyl halides is 2. The summed E-state index contributed by atoms with van der Waals surface area (Å²) in [6.45, 7) is -2.40. The molecule has 0 aliphatic carbocycles. The number of hydrogen-bond donors (Lipinski definition) is 2. The summed E-state index contributed by atoms with van der Waals surface area (Å²) < 4.78 is 29.6. The first kappa shape index (κ1) is 24.7. The highest BCUT2D eigenvalue weighted by atomic mass is 35.5. The second-order valence-electron chi connectivity index (χ2n) is 7.69. The third-order valence-electron chi connectivity index (χ3n) is 5.45. The maximum absolute atomic E-state index is 12.7. The normalized spacial score (nSPS) is 20.3. The predicted octanol–water partition coefficient (Wildman–Crippen LogP) is 3.30. The number of benzene rings is 2. The topological polar surface area (TPSA) is 119 Å². The van der Waals surface area contributed by atoms with Crippen LogP contribution in [0.5, 0.6) is 5.75 Å². The van der Waals surface area contributed by atoms with Crippen LogP contribution in [0.2, 0.25) is 10.0 Å². The molecular formula is C22H19Cl2F2N7O2. The first-order valence-corrected chi connectivity index (χ1v) is 11.2. The van der Waals surface area contributed by atoms with E-state index in [2.05, 4.69) is 20.1 Å². The third kappa shape index (κ3) is 5.45. The molecule has 4 rings (SSSR count). The Kier molecular flexibility index (Phi) is 7.35.